The molecule has 1 aliphatic heterocycles. The fourth-order valence-electron chi connectivity index (χ4n) is 3.33. The van der Waals surface area contributed by atoms with E-state index in [0.717, 1.165) is 31.6 Å². The molecule has 17 heavy (non-hydrogen) atoms. The Morgan fingerprint density at radius 2 is 2.41 bits per heavy atom. The molecule has 2 unspecified atom stereocenters. The summed E-state index contributed by atoms with van der Waals surface area (Å²) in [6, 6.07) is 2.93. The lowest BCUT2D eigenvalue weighted by Crippen LogP contribution is -2.31. The van der Waals surface area contributed by atoms with Gasteiger partial charge in [0.25, 0.3) is 0 Å². The van der Waals surface area contributed by atoms with E-state index in [-0.39, 0.29) is 0 Å². The molecule has 0 radical (unpaired) electrons. The Balaban J connectivity index is 1.63. The summed E-state index contributed by atoms with van der Waals surface area (Å²) in [5, 5.41) is 3.37. The van der Waals surface area contributed by atoms with Crippen LogP contribution in [0.1, 0.15) is 37.5 Å². The van der Waals surface area contributed by atoms with Crippen LogP contribution < -0.4 is 5.32 Å². The monoisotopic (exact) mass is 234 g/mol. The summed E-state index contributed by atoms with van der Waals surface area (Å²) in [5.74, 6) is 2.13. The molecule has 2 heterocycles. The molecule has 3 rings (SSSR count). The van der Waals surface area contributed by atoms with Gasteiger partial charge < -0.3 is 9.73 Å². The minimum Gasteiger partial charge on any atom is -0.468 e. The fraction of sp³-hybridized carbons (Fsp3) is 0.714. The summed E-state index contributed by atoms with van der Waals surface area (Å²) in [7, 11) is 0. The summed E-state index contributed by atoms with van der Waals surface area (Å²) in [4.78, 5) is 2.61. The maximum atomic E-state index is 5.65. The molecule has 94 valence electrons. The van der Waals surface area contributed by atoms with Gasteiger partial charge in [-0.25, -0.2) is 0 Å². The highest BCUT2D eigenvalue weighted by Crippen LogP contribution is 2.38. The minimum absolute atomic E-state index is 0.831. The van der Waals surface area contributed by atoms with Gasteiger partial charge in [-0.15, -0.1) is 0 Å². The molecule has 2 fully saturated rings. The largest absolute Gasteiger partial charge is 0.468 e. The number of furan rings is 1. The number of piperidine rings is 1. The summed E-state index contributed by atoms with van der Waals surface area (Å²) in [6.45, 7) is 6.38. The Morgan fingerprint density at radius 1 is 1.47 bits per heavy atom. The molecule has 2 bridgehead atoms. The molecular weight excluding hydrogens is 212 g/mol. The Bertz CT molecular complexity index is 374. The Labute approximate surface area is 103 Å². The average Bonchev–Trinajstić information content (AvgIpc) is 3.02. The smallest absolute Gasteiger partial charge is 0.122 e. The maximum absolute atomic E-state index is 5.65. The SMILES string of the molecule is CCNCc1ccoc1CN1CC2CCC1C2. The molecule has 3 heteroatoms. The van der Waals surface area contributed by atoms with Gasteiger partial charge >= 0.3 is 0 Å². The van der Waals surface area contributed by atoms with Crippen LogP contribution in [0.15, 0.2) is 16.7 Å². The highest BCUT2D eigenvalue weighted by molar-refractivity contribution is 5.17. The van der Waals surface area contributed by atoms with Gasteiger partial charge in [-0.2, -0.15) is 0 Å². The molecule has 2 aliphatic rings. The van der Waals surface area contributed by atoms with E-state index >= 15 is 0 Å². The van der Waals surface area contributed by atoms with Gasteiger partial charge in [0.1, 0.15) is 5.76 Å². The second-order valence-corrected chi connectivity index (χ2v) is 5.41. The van der Waals surface area contributed by atoms with Gasteiger partial charge in [0, 0.05) is 24.7 Å². The highest BCUT2D eigenvalue weighted by Gasteiger charge is 2.37. The average molecular weight is 234 g/mol. The van der Waals surface area contributed by atoms with Gasteiger partial charge in [-0.05, 0) is 37.8 Å². The first-order valence-corrected chi connectivity index (χ1v) is 6.87. The molecule has 2 atom stereocenters. The van der Waals surface area contributed by atoms with Gasteiger partial charge in [0.05, 0.1) is 12.8 Å². The van der Waals surface area contributed by atoms with Crippen molar-refractivity contribution in [1.82, 2.24) is 10.2 Å². The lowest BCUT2D eigenvalue weighted by atomic mass is 10.1. The van der Waals surface area contributed by atoms with E-state index in [9.17, 15) is 0 Å². The van der Waals surface area contributed by atoms with E-state index in [2.05, 4.69) is 23.2 Å². The first-order valence-electron chi connectivity index (χ1n) is 6.87. The lowest BCUT2D eigenvalue weighted by Gasteiger charge is -2.26. The summed E-state index contributed by atoms with van der Waals surface area (Å²) in [5.41, 5.74) is 1.33. The number of rotatable bonds is 5. The quantitative estimate of drug-likeness (QED) is 0.848. The van der Waals surface area contributed by atoms with Crippen LogP contribution in [0.3, 0.4) is 0 Å². The second-order valence-electron chi connectivity index (χ2n) is 5.41. The van der Waals surface area contributed by atoms with E-state index in [1.807, 2.05) is 6.26 Å². The molecule has 1 N–H and O–H groups in total. The van der Waals surface area contributed by atoms with Crippen molar-refractivity contribution in [1.29, 1.82) is 0 Å². The van der Waals surface area contributed by atoms with Gasteiger partial charge in [-0.1, -0.05) is 6.92 Å². The molecule has 1 saturated carbocycles. The highest BCUT2D eigenvalue weighted by atomic mass is 16.3. The van der Waals surface area contributed by atoms with E-state index in [4.69, 9.17) is 4.42 Å². The summed E-state index contributed by atoms with van der Waals surface area (Å²) >= 11 is 0. The zero-order valence-corrected chi connectivity index (χ0v) is 10.6. The first-order chi connectivity index (χ1) is 8.36. The van der Waals surface area contributed by atoms with Crippen LogP contribution in [0.25, 0.3) is 0 Å². The number of likely N-dealkylation sites (tertiary alicyclic amines) is 1. The zero-order chi connectivity index (χ0) is 11.7. The maximum Gasteiger partial charge on any atom is 0.122 e. The normalized spacial score (nSPS) is 28.1. The van der Waals surface area contributed by atoms with Gasteiger partial charge in [0.2, 0.25) is 0 Å². The molecule has 1 aromatic heterocycles. The number of nitrogens with one attached hydrogen (secondary N) is 1. The van der Waals surface area contributed by atoms with Crippen molar-refractivity contribution in [3.63, 3.8) is 0 Å². The van der Waals surface area contributed by atoms with Crippen molar-refractivity contribution < 1.29 is 4.42 Å². The van der Waals surface area contributed by atoms with Crippen LogP contribution in [0, 0.1) is 5.92 Å². The van der Waals surface area contributed by atoms with E-state index in [1.54, 1.807) is 0 Å². The predicted molar refractivity (Wildman–Crippen MR) is 67.6 cm³/mol. The standard InChI is InChI=1S/C14H22N2O/c1-2-15-8-12-5-6-17-14(12)10-16-9-11-3-4-13(16)7-11/h5-6,11,13,15H,2-4,7-10H2,1H3. The van der Waals surface area contributed by atoms with Crippen LogP contribution in [-0.4, -0.2) is 24.0 Å². The van der Waals surface area contributed by atoms with Gasteiger partial charge in [-0.3, -0.25) is 4.90 Å². The Kier molecular flexibility index (Phi) is 3.21. The van der Waals surface area contributed by atoms with Crippen molar-refractivity contribution >= 4 is 0 Å². The van der Waals surface area contributed by atoms with Crippen molar-refractivity contribution in [3.05, 3.63) is 23.7 Å². The molecule has 0 aromatic carbocycles. The summed E-state index contributed by atoms with van der Waals surface area (Å²) in [6.07, 6.45) is 6.09. The van der Waals surface area contributed by atoms with Gasteiger partial charge in [0.15, 0.2) is 0 Å². The minimum atomic E-state index is 0.831. The molecule has 1 aromatic rings. The van der Waals surface area contributed by atoms with E-state index < -0.39 is 0 Å². The third kappa shape index (κ3) is 2.26. The molecule has 0 amide bonds. The predicted octanol–water partition coefficient (Wildman–Crippen LogP) is 2.37. The van der Waals surface area contributed by atoms with Crippen molar-refractivity contribution in [2.45, 2.75) is 45.3 Å². The fourth-order valence-corrected chi connectivity index (χ4v) is 3.33. The van der Waals surface area contributed by atoms with Crippen LogP contribution in [0.2, 0.25) is 0 Å². The van der Waals surface area contributed by atoms with Crippen LogP contribution in [0.4, 0.5) is 0 Å². The van der Waals surface area contributed by atoms with Crippen molar-refractivity contribution in [3.8, 4) is 0 Å². The van der Waals surface area contributed by atoms with Crippen LogP contribution in [-0.2, 0) is 13.1 Å². The molecule has 0 spiro atoms. The Hall–Kier alpha value is -0.800. The molecule has 1 aliphatic carbocycles. The number of nitrogens with zero attached hydrogens (tertiary/aromatic N) is 1. The number of hydrogen-bond acceptors (Lipinski definition) is 3. The van der Waals surface area contributed by atoms with Crippen LogP contribution in [0.5, 0.6) is 0 Å². The lowest BCUT2D eigenvalue weighted by molar-refractivity contribution is 0.189. The molecular formula is C14H22N2O. The Morgan fingerprint density at radius 3 is 3.12 bits per heavy atom. The zero-order valence-electron chi connectivity index (χ0n) is 10.6. The topological polar surface area (TPSA) is 28.4 Å². The number of hydrogen-bond donors (Lipinski definition) is 1. The van der Waals surface area contributed by atoms with Crippen molar-refractivity contribution in [2.75, 3.05) is 13.1 Å². The van der Waals surface area contributed by atoms with Crippen LogP contribution >= 0.6 is 0 Å². The molecule has 3 nitrogen and oxygen atoms in total. The molecule has 1 saturated heterocycles. The third-order valence-corrected chi connectivity index (χ3v) is 4.27. The van der Waals surface area contributed by atoms with E-state index in [1.165, 1.54) is 37.1 Å². The third-order valence-electron chi connectivity index (χ3n) is 4.27. The first kappa shape index (κ1) is 11.3. The summed E-state index contributed by atoms with van der Waals surface area (Å²) < 4.78 is 5.65. The van der Waals surface area contributed by atoms with Crippen molar-refractivity contribution in [2.24, 2.45) is 5.92 Å². The second kappa shape index (κ2) is 4.83. The van der Waals surface area contributed by atoms with E-state index in [0.29, 0.717) is 0 Å². The number of fused-ring (bicyclic) bond motifs is 2.